The fourth-order valence-electron chi connectivity index (χ4n) is 1.59. The lowest BCUT2D eigenvalue weighted by Crippen LogP contribution is -2.21. The van der Waals surface area contributed by atoms with Gasteiger partial charge in [0.15, 0.2) is 0 Å². The van der Waals surface area contributed by atoms with E-state index in [1.54, 1.807) is 0 Å². The largest absolute Gasteiger partial charge is 0.325 e. The summed E-state index contributed by atoms with van der Waals surface area (Å²) in [6, 6.07) is 0. The average molecular weight is 211 g/mol. The Labute approximate surface area is 91.2 Å². The summed E-state index contributed by atoms with van der Waals surface area (Å²) in [5, 5.41) is 8.24. The van der Waals surface area contributed by atoms with Crippen LogP contribution in [0.5, 0.6) is 0 Å². The van der Waals surface area contributed by atoms with Crippen LogP contribution in [0.1, 0.15) is 31.2 Å². The Hall–Kier alpha value is -0.940. The van der Waals surface area contributed by atoms with Crippen LogP contribution in [0, 0.1) is 0 Å². The highest BCUT2D eigenvalue weighted by Gasteiger charge is 2.14. The first-order valence-corrected chi connectivity index (χ1v) is 5.33. The quantitative estimate of drug-likeness (QED) is 0.767. The van der Waals surface area contributed by atoms with Gasteiger partial charge in [0.2, 0.25) is 0 Å². The van der Waals surface area contributed by atoms with Gasteiger partial charge in [-0.05, 0) is 20.0 Å². The molecule has 0 aliphatic heterocycles. The van der Waals surface area contributed by atoms with Crippen molar-refractivity contribution < 1.29 is 0 Å². The second kappa shape index (κ2) is 5.23. The molecule has 86 valence electrons. The zero-order chi connectivity index (χ0) is 11.4. The molecule has 0 atom stereocenters. The van der Waals surface area contributed by atoms with Crippen molar-refractivity contribution in [3.05, 3.63) is 11.4 Å². The van der Waals surface area contributed by atoms with Gasteiger partial charge in [-0.25, -0.2) is 4.68 Å². The van der Waals surface area contributed by atoms with Crippen molar-refractivity contribution in [1.82, 2.24) is 19.9 Å². The smallest absolute Gasteiger partial charge is 0.0997 e. The van der Waals surface area contributed by atoms with E-state index in [1.165, 1.54) is 5.69 Å². The minimum Gasteiger partial charge on any atom is -0.325 e. The van der Waals surface area contributed by atoms with E-state index >= 15 is 0 Å². The van der Waals surface area contributed by atoms with Gasteiger partial charge < -0.3 is 10.6 Å². The van der Waals surface area contributed by atoms with Crippen LogP contribution in [0.3, 0.4) is 0 Å². The van der Waals surface area contributed by atoms with Crippen molar-refractivity contribution in [1.29, 1.82) is 0 Å². The summed E-state index contributed by atoms with van der Waals surface area (Å²) in [6.45, 7) is 6.59. The molecule has 0 unspecified atom stereocenters. The van der Waals surface area contributed by atoms with Gasteiger partial charge >= 0.3 is 0 Å². The molecule has 5 heteroatoms. The SMILES string of the molecule is CC(C)c1c(CN)nnn1CCN(C)C. The number of nitrogens with two attached hydrogens (primary N) is 1. The van der Waals surface area contributed by atoms with Crippen LogP contribution in [0.2, 0.25) is 0 Å². The van der Waals surface area contributed by atoms with E-state index in [9.17, 15) is 0 Å². The fourth-order valence-corrected chi connectivity index (χ4v) is 1.59. The van der Waals surface area contributed by atoms with Crippen molar-refractivity contribution in [3.63, 3.8) is 0 Å². The number of rotatable bonds is 5. The number of likely N-dealkylation sites (N-methyl/N-ethyl adjacent to an activating group) is 1. The van der Waals surface area contributed by atoms with Gasteiger partial charge in [-0.1, -0.05) is 19.1 Å². The Kier molecular flexibility index (Phi) is 4.23. The van der Waals surface area contributed by atoms with Crippen LogP contribution in [0.25, 0.3) is 0 Å². The van der Waals surface area contributed by atoms with Gasteiger partial charge in [0, 0.05) is 13.1 Å². The maximum absolute atomic E-state index is 5.63. The lowest BCUT2D eigenvalue weighted by atomic mass is 10.1. The molecule has 0 saturated carbocycles. The molecular formula is C10H21N5. The van der Waals surface area contributed by atoms with Crippen molar-refractivity contribution in [2.75, 3.05) is 20.6 Å². The molecule has 0 aliphatic rings. The van der Waals surface area contributed by atoms with Crippen LogP contribution < -0.4 is 5.73 Å². The summed E-state index contributed by atoms with van der Waals surface area (Å²) < 4.78 is 1.97. The molecule has 0 aromatic carbocycles. The zero-order valence-electron chi connectivity index (χ0n) is 10.1. The van der Waals surface area contributed by atoms with Crippen LogP contribution in [0.4, 0.5) is 0 Å². The van der Waals surface area contributed by atoms with E-state index in [-0.39, 0.29) is 0 Å². The summed E-state index contributed by atoms with van der Waals surface area (Å²) in [4.78, 5) is 2.13. The van der Waals surface area contributed by atoms with Gasteiger partial charge in [-0.2, -0.15) is 0 Å². The van der Waals surface area contributed by atoms with E-state index in [0.29, 0.717) is 12.5 Å². The van der Waals surface area contributed by atoms with Crippen LogP contribution in [-0.4, -0.2) is 40.5 Å². The number of nitrogens with zero attached hydrogens (tertiary/aromatic N) is 4. The molecule has 0 amide bonds. The van der Waals surface area contributed by atoms with Crippen LogP contribution in [0.15, 0.2) is 0 Å². The highest BCUT2D eigenvalue weighted by Crippen LogP contribution is 2.16. The van der Waals surface area contributed by atoms with Gasteiger partial charge in [-0.15, -0.1) is 5.10 Å². The molecule has 5 nitrogen and oxygen atoms in total. The Balaban J connectivity index is 2.82. The molecule has 0 aliphatic carbocycles. The monoisotopic (exact) mass is 211 g/mol. The first kappa shape index (κ1) is 12.1. The van der Waals surface area contributed by atoms with Gasteiger partial charge in [-0.3, -0.25) is 0 Å². The summed E-state index contributed by atoms with van der Waals surface area (Å²) in [7, 11) is 4.10. The summed E-state index contributed by atoms with van der Waals surface area (Å²) in [5.74, 6) is 0.417. The van der Waals surface area contributed by atoms with E-state index in [0.717, 1.165) is 18.8 Å². The number of aromatic nitrogens is 3. The highest BCUT2D eigenvalue weighted by atomic mass is 15.4. The molecule has 15 heavy (non-hydrogen) atoms. The van der Waals surface area contributed by atoms with Crippen molar-refractivity contribution in [2.45, 2.75) is 32.9 Å². The summed E-state index contributed by atoms with van der Waals surface area (Å²) >= 11 is 0. The highest BCUT2D eigenvalue weighted by molar-refractivity contribution is 5.13. The predicted molar refractivity (Wildman–Crippen MR) is 60.6 cm³/mol. The first-order chi connectivity index (χ1) is 7.06. The minimum absolute atomic E-state index is 0.417. The number of hydrogen-bond donors (Lipinski definition) is 1. The van der Waals surface area contributed by atoms with Crippen molar-refractivity contribution in [3.8, 4) is 0 Å². The minimum atomic E-state index is 0.417. The molecule has 0 radical (unpaired) electrons. The Morgan fingerprint density at radius 3 is 2.53 bits per heavy atom. The van der Waals surface area contributed by atoms with E-state index in [4.69, 9.17) is 5.73 Å². The zero-order valence-corrected chi connectivity index (χ0v) is 10.1. The first-order valence-electron chi connectivity index (χ1n) is 5.33. The Morgan fingerprint density at radius 1 is 1.40 bits per heavy atom. The molecule has 1 heterocycles. The third kappa shape index (κ3) is 3.00. The second-order valence-electron chi connectivity index (χ2n) is 4.31. The average Bonchev–Trinajstić information content (AvgIpc) is 2.57. The molecule has 1 rings (SSSR count). The van der Waals surface area contributed by atoms with E-state index in [1.807, 2.05) is 4.68 Å². The molecule has 1 aromatic rings. The number of hydrogen-bond acceptors (Lipinski definition) is 4. The second-order valence-corrected chi connectivity index (χ2v) is 4.31. The summed E-state index contributed by atoms with van der Waals surface area (Å²) in [5.41, 5.74) is 7.72. The van der Waals surface area contributed by atoms with Gasteiger partial charge in [0.1, 0.15) is 0 Å². The van der Waals surface area contributed by atoms with E-state index in [2.05, 4.69) is 43.2 Å². The predicted octanol–water partition coefficient (Wildman–Crippen LogP) is 0.422. The summed E-state index contributed by atoms with van der Waals surface area (Å²) in [6.07, 6.45) is 0. The molecular weight excluding hydrogens is 190 g/mol. The topological polar surface area (TPSA) is 60.0 Å². The molecule has 0 bridgehead atoms. The fraction of sp³-hybridized carbons (Fsp3) is 0.800. The van der Waals surface area contributed by atoms with Crippen LogP contribution >= 0.6 is 0 Å². The lowest BCUT2D eigenvalue weighted by Gasteiger charge is -2.13. The van der Waals surface area contributed by atoms with Crippen molar-refractivity contribution in [2.24, 2.45) is 5.73 Å². The molecule has 0 spiro atoms. The van der Waals surface area contributed by atoms with Gasteiger partial charge in [0.25, 0.3) is 0 Å². The van der Waals surface area contributed by atoms with Gasteiger partial charge in [0.05, 0.1) is 17.9 Å². The van der Waals surface area contributed by atoms with Crippen LogP contribution in [-0.2, 0) is 13.1 Å². The van der Waals surface area contributed by atoms with Crippen molar-refractivity contribution >= 4 is 0 Å². The van der Waals surface area contributed by atoms with E-state index < -0.39 is 0 Å². The Bertz CT molecular complexity index is 303. The molecule has 0 saturated heterocycles. The molecule has 2 N–H and O–H groups in total. The standard InChI is InChI=1S/C10H21N5/c1-8(2)10-9(7-11)12-13-15(10)6-5-14(3)4/h8H,5-7,11H2,1-4H3. The maximum atomic E-state index is 5.63. The third-order valence-electron chi connectivity index (χ3n) is 2.35. The third-order valence-corrected chi connectivity index (χ3v) is 2.35. The molecule has 1 aromatic heterocycles. The lowest BCUT2D eigenvalue weighted by molar-refractivity contribution is 0.365. The normalized spacial score (nSPS) is 11.7. The maximum Gasteiger partial charge on any atom is 0.0997 e. The molecule has 0 fully saturated rings. The Morgan fingerprint density at radius 2 is 2.07 bits per heavy atom.